The number of ether oxygens (including phenoxy) is 1. The van der Waals surface area contributed by atoms with Crippen LogP contribution in [0.3, 0.4) is 0 Å². The average molecular weight is 262 g/mol. The summed E-state index contributed by atoms with van der Waals surface area (Å²) in [6.45, 7) is 7.96. The molecule has 0 spiro atoms. The summed E-state index contributed by atoms with van der Waals surface area (Å²) in [5.41, 5.74) is -0.0410. The van der Waals surface area contributed by atoms with E-state index in [-0.39, 0.29) is 11.9 Å². The molecule has 106 valence electrons. The lowest BCUT2D eigenvalue weighted by Gasteiger charge is -2.28. The fraction of sp³-hybridized carbons (Fsp3) is 0.588. The van der Waals surface area contributed by atoms with Gasteiger partial charge in [0, 0.05) is 5.56 Å². The van der Waals surface area contributed by atoms with Crippen molar-refractivity contribution < 1.29 is 9.53 Å². The minimum Gasteiger partial charge on any atom is -0.364 e. The number of ketones is 1. The number of Topliss-reactive ketones (excluding diaryl/α,β-unsaturated/α-hetero) is 1. The largest absolute Gasteiger partial charge is 0.364 e. The maximum absolute atomic E-state index is 12.4. The summed E-state index contributed by atoms with van der Waals surface area (Å²) in [7, 11) is 0. The van der Waals surface area contributed by atoms with Crippen molar-refractivity contribution in [2.45, 2.75) is 65.1 Å². The number of carbonyl (C=O) groups is 1. The standard InChI is InChI=1S/C17H26O2/c1-5-6-8-11-14(2)19-17(3,4)16(18)15-12-9-7-10-13-15/h7,9-10,12-14H,5-6,8,11H2,1-4H3. The molecule has 0 heterocycles. The van der Waals surface area contributed by atoms with Crippen molar-refractivity contribution >= 4 is 5.78 Å². The molecule has 0 aliphatic rings. The van der Waals surface area contributed by atoms with Crippen LogP contribution in [-0.2, 0) is 4.74 Å². The van der Waals surface area contributed by atoms with Gasteiger partial charge in [-0.1, -0.05) is 56.5 Å². The molecule has 2 nitrogen and oxygen atoms in total. The van der Waals surface area contributed by atoms with Crippen LogP contribution in [0.2, 0.25) is 0 Å². The third-order valence-corrected chi connectivity index (χ3v) is 3.29. The first kappa shape index (κ1) is 15.9. The van der Waals surface area contributed by atoms with E-state index in [1.54, 1.807) is 0 Å². The summed E-state index contributed by atoms with van der Waals surface area (Å²) in [6.07, 6.45) is 4.72. The summed E-state index contributed by atoms with van der Waals surface area (Å²) in [4.78, 5) is 12.4. The van der Waals surface area contributed by atoms with Crippen LogP contribution in [-0.4, -0.2) is 17.5 Å². The van der Waals surface area contributed by atoms with Gasteiger partial charge in [0.15, 0.2) is 5.78 Å². The lowest BCUT2D eigenvalue weighted by Crippen LogP contribution is -2.38. The first-order valence-corrected chi connectivity index (χ1v) is 7.25. The number of unbranched alkanes of at least 4 members (excludes halogenated alkanes) is 2. The van der Waals surface area contributed by atoms with Crippen LogP contribution in [0.5, 0.6) is 0 Å². The number of hydrogen-bond donors (Lipinski definition) is 0. The lowest BCUT2D eigenvalue weighted by atomic mass is 9.96. The van der Waals surface area contributed by atoms with Gasteiger partial charge < -0.3 is 4.74 Å². The van der Waals surface area contributed by atoms with E-state index in [0.29, 0.717) is 5.56 Å². The molecule has 1 atom stereocenters. The maximum atomic E-state index is 12.4. The van der Waals surface area contributed by atoms with Crippen LogP contribution in [0.25, 0.3) is 0 Å². The van der Waals surface area contributed by atoms with Crippen molar-refractivity contribution in [2.24, 2.45) is 0 Å². The predicted octanol–water partition coefficient (Wildman–Crippen LogP) is 4.63. The van der Waals surface area contributed by atoms with Gasteiger partial charge in [-0.2, -0.15) is 0 Å². The molecule has 0 saturated carbocycles. The number of hydrogen-bond acceptors (Lipinski definition) is 2. The van der Waals surface area contributed by atoms with Crippen LogP contribution in [0.1, 0.15) is 63.7 Å². The highest BCUT2D eigenvalue weighted by Crippen LogP contribution is 2.21. The molecule has 0 saturated heterocycles. The molecule has 0 amide bonds. The van der Waals surface area contributed by atoms with Crippen molar-refractivity contribution in [2.75, 3.05) is 0 Å². The monoisotopic (exact) mass is 262 g/mol. The van der Waals surface area contributed by atoms with E-state index in [0.717, 1.165) is 12.8 Å². The zero-order valence-electron chi connectivity index (χ0n) is 12.6. The number of benzene rings is 1. The summed E-state index contributed by atoms with van der Waals surface area (Å²) in [5, 5.41) is 0. The van der Waals surface area contributed by atoms with Crippen molar-refractivity contribution in [3.05, 3.63) is 35.9 Å². The summed E-state index contributed by atoms with van der Waals surface area (Å²) < 4.78 is 5.95. The molecule has 1 aromatic carbocycles. The number of carbonyl (C=O) groups excluding carboxylic acids is 1. The minimum atomic E-state index is -0.757. The van der Waals surface area contributed by atoms with Gasteiger partial charge in [-0.15, -0.1) is 0 Å². The van der Waals surface area contributed by atoms with Crippen molar-refractivity contribution in [1.29, 1.82) is 0 Å². The molecular weight excluding hydrogens is 236 g/mol. The summed E-state index contributed by atoms with van der Waals surface area (Å²) in [5.74, 6) is 0.0513. The Balaban J connectivity index is 2.57. The summed E-state index contributed by atoms with van der Waals surface area (Å²) in [6, 6.07) is 9.37. The lowest BCUT2D eigenvalue weighted by molar-refractivity contribution is -0.0468. The van der Waals surface area contributed by atoms with E-state index in [2.05, 4.69) is 13.8 Å². The summed E-state index contributed by atoms with van der Waals surface area (Å²) >= 11 is 0. The van der Waals surface area contributed by atoms with Crippen LogP contribution < -0.4 is 0 Å². The smallest absolute Gasteiger partial charge is 0.194 e. The molecule has 0 fully saturated rings. The molecule has 19 heavy (non-hydrogen) atoms. The molecule has 1 unspecified atom stereocenters. The fourth-order valence-electron chi connectivity index (χ4n) is 2.23. The molecule has 0 bridgehead atoms. The highest BCUT2D eigenvalue weighted by atomic mass is 16.5. The van der Waals surface area contributed by atoms with E-state index in [1.165, 1.54) is 12.8 Å². The Labute approximate surface area is 117 Å². The maximum Gasteiger partial charge on any atom is 0.194 e. The van der Waals surface area contributed by atoms with Crippen LogP contribution in [0.4, 0.5) is 0 Å². The van der Waals surface area contributed by atoms with E-state index >= 15 is 0 Å². The Morgan fingerprint density at radius 1 is 1.21 bits per heavy atom. The average Bonchev–Trinajstić information content (AvgIpc) is 2.38. The molecule has 1 rings (SSSR count). The van der Waals surface area contributed by atoms with Crippen molar-refractivity contribution in [1.82, 2.24) is 0 Å². The van der Waals surface area contributed by atoms with Gasteiger partial charge in [0.25, 0.3) is 0 Å². The first-order chi connectivity index (χ1) is 8.97. The molecule has 0 radical (unpaired) electrons. The zero-order valence-corrected chi connectivity index (χ0v) is 12.6. The van der Waals surface area contributed by atoms with Crippen molar-refractivity contribution in [3.63, 3.8) is 0 Å². The Kier molecular flexibility index (Phi) is 6.23. The van der Waals surface area contributed by atoms with Crippen molar-refractivity contribution in [3.8, 4) is 0 Å². The fourth-order valence-corrected chi connectivity index (χ4v) is 2.23. The molecule has 0 N–H and O–H groups in total. The Hall–Kier alpha value is -1.15. The predicted molar refractivity (Wildman–Crippen MR) is 79.5 cm³/mol. The highest BCUT2D eigenvalue weighted by Gasteiger charge is 2.31. The van der Waals surface area contributed by atoms with Crippen LogP contribution in [0.15, 0.2) is 30.3 Å². The van der Waals surface area contributed by atoms with Gasteiger partial charge in [0.05, 0.1) is 6.10 Å². The van der Waals surface area contributed by atoms with Gasteiger partial charge in [0.1, 0.15) is 5.60 Å². The second-order valence-corrected chi connectivity index (χ2v) is 5.63. The normalized spacial score (nSPS) is 13.3. The van der Waals surface area contributed by atoms with Gasteiger partial charge >= 0.3 is 0 Å². The van der Waals surface area contributed by atoms with Gasteiger partial charge in [-0.25, -0.2) is 0 Å². The molecule has 0 aliphatic heterocycles. The minimum absolute atomic E-state index is 0.0513. The van der Waals surface area contributed by atoms with Crippen LogP contribution >= 0.6 is 0 Å². The van der Waals surface area contributed by atoms with E-state index in [1.807, 2.05) is 44.2 Å². The molecule has 0 aliphatic carbocycles. The van der Waals surface area contributed by atoms with E-state index in [9.17, 15) is 4.79 Å². The molecular formula is C17H26O2. The van der Waals surface area contributed by atoms with Gasteiger partial charge in [-0.3, -0.25) is 4.79 Å². The number of rotatable bonds is 8. The molecule has 2 heteroatoms. The second kappa shape index (κ2) is 7.44. The molecule has 0 aromatic heterocycles. The third kappa shape index (κ3) is 5.15. The first-order valence-electron chi connectivity index (χ1n) is 7.25. The Morgan fingerprint density at radius 3 is 2.42 bits per heavy atom. The zero-order chi connectivity index (χ0) is 14.3. The molecule has 1 aromatic rings. The van der Waals surface area contributed by atoms with E-state index < -0.39 is 5.60 Å². The van der Waals surface area contributed by atoms with E-state index in [4.69, 9.17) is 4.74 Å². The topological polar surface area (TPSA) is 26.3 Å². The SMILES string of the molecule is CCCCCC(C)OC(C)(C)C(=O)c1ccccc1. The van der Waals surface area contributed by atoms with Gasteiger partial charge in [0.2, 0.25) is 0 Å². The van der Waals surface area contributed by atoms with Gasteiger partial charge in [-0.05, 0) is 27.2 Å². The second-order valence-electron chi connectivity index (χ2n) is 5.63. The van der Waals surface area contributed by atoms with Crippen LogP contribution in [0, 0.1) is 0 Å². The third-order valence-electron chi connectivity index (χ3n) is 3.29. The quantitative estimate of drug-likeness (QED) is 0.504. The Morgan fingerprint density at radius 2 is 1.84 bits per heavy atom. The highest BCUT2D eigenvalue weighted by molar-refractivity contribution is 6.01. The Bertz CT molecular complexity index is 382.